The number of unbranched alkanes of at least 4 members (excludes halogenated alkanes) is 29. The maximum absolute atomic E-state index is 12.8. The third-order valence-electron chi connectivity index (χ3n) is 11.2. The Morgan fingerprint density at radius 3 is 1.21 bits per heavy atom. The SMILES string of the molecule is CCCCCCCCCCCCCCCCCCC(=O)O[C@H](COC(=O)CCCCCCCCCCCCCCCCC)CO[C@@H]1O[C@H](CO)[C@H](O)C(O)C1O. The summed E-state index contributed by atoms with van der Waals surface area (Å²) in [5, 5.41) is 40.1. The number of esters is 2. The van der Waals surface area contributed by atoms with Crippen molar-refractivity contribution in [3.8, 4) is 0 Å². The summed E-state index contributed by atoms with van der Waals surface area (Å²) in [7, 11) is 0. The first-order valence-electron chi connectivity index (χ1n) is 23.6. The lowest BCUT2D eigenvalue weighted by Crippen LogP contribution is -2.59. The maximum atomic E-state index is 12.8. The average molecular weight is 801 g/mol. The Balaban J connectivity index is 2.29. The first-order valence-corrected chi connectivity index (χ1v) is 23.6. The van der Waals surface area contributed by atoms with Gasteiger partial charge < -0.3 is 39.4 Å². The van der Waals surface area contributed by atoms with Crippen LogP contribution >= 0.6 is 0 Å². The van der Waals surface area contributed by atoms with Gasteiger partial charge in [-0.15, -0.1) is 0 Å². The van der Waals surface area contributed by atoms with Gasteiger partial charge in [-0.1, -0.05) is 200 Å². The Labute approximate surface area is 342 Å². The van der Waals surface area contributed by atoms with Gasteiger partial charge >= 0.3 is 11.9 Å². The minimum absolute atomic E-state index is 0.209. The third-order valence-corrected chi connectivity index (χ3v) is 11.2. The Morgan fingerprint density at radius 2 is 0.839 bits per heavy atom. The number of ether oxygens (including phenoxy) is 4. The van der Waals surface area contributed by atoms with E-state index >= 15 is 0 Å². The van der Waals surface area contributed by atoms with Crippen LogP contribution in [-0.4, -0.2) is 89.0 Å². The summed E-state index contributed by atoms with van der Waals surface area (Å²) in [5.41, 5.74) is 0. The molecule has 1 aliphatic heterocycles. The van der Waals surface area contributed by atoms with Crippen LogP contribution in [0.15, 0.2) is 0 Å². The molecule has 0 aromatic rings. The Morgan fingerprint density at radius 1 is 0.482 bits per heavy atom. The second-order valence-corrected chi connectivity index (χ2v) is 16.6. The molecule has 4 N–H and O–H groups in total. The van der Waals surface area contributed by atoms with Gasteiger partial charge in [0.15, 0.2) is 12.4 Å². The number of carbonyl (C=O) groups is 2. The molecule has 56 heavy (non-hydrogen) atoms. The zero-order chi connectivity index (χ0) is 40.9. The van der Waals surface area contributed by atoms with E-state index < -0.39 is 49.4 Å². The fraction of sp³-hybridized carbons (Fsp3) is 0.957. The van der Waals surface area contributed by atoms with Crippen molar-refractivity contribution >= 4 is 11.9 Å². The van der Waals surface area contributed by atoms with Gasteiger partial charge in [0.25, 0.3) is 0 Å². The van der Waals surface area contributed by atoms with E-state index in [4.69, 9.17) is 18.9 Å². The molecule has 332 valence electrons. The van der Waals surface area contributed by atoms with E-state index in [1.165, 1.54) is 154 Å². The summed E-state index contributed by atoms with van der Waals surface area (Å²) in [6.07, 6.45) is 31.0. The van der Waals surface area contributed by atoms with Crippen LogP contribution in [0.4, 0.5) is 0 Å². The van der Waals surface area contributed by atoms with E-state index in [2.05, 4.69) is 13.8 Å². The summed E-state index contributed by atoms with van der Waals surface area (Å²) in [6.45, 7) is 3.46. The topological polar surface area (TPSA) is 152 Å². The van der Waals surface area contributed by atoms with E-state index in [-0.39, 0.29) is 32.0 Å². The normalized spacial score (nSPS) is 20.3. The average Bonchev–Trinajstić information content (AvgIpc) is 3.19. The molecule has 10 nitrogen and oxygen atoms in total. The molecule has 1 fully saturated rings. The number of hydrogen-bond donors (Lipinski definition) is 4. The molecule has 1 heterocycles. The van der Waals surface area contributed by atoms with Gasteiger partial charge in [-0.2, -0.15) is 0 Å². The van der Waals surface area contributed by atoms with Crippen LogP contribution in [0.3, 0.4) is 0 Å². The first-order chi connectivity index (χ1) is 27.3. The highest BCUT2D eigenvalue weighted by atomic mass is 16.7. The highest BCUT2D eigenvalue weighted by molar-refractivity contribution is 5.70. The van der Waals surface area contributed by atoms with Gasteiger partial charge in [0.1, 0.15) is 31.0 Å². The molecule has 0 bridgehead atoms. The fourth-order valence-corrected chi connectivity index (χ4v) is 7.48. The molecule has 0 amide bonds. The van der Waals surface area contributed by atoms with Crippen LogP contribution in [0.5, 0.6) is 0 Å². The molecule has 1 rings (SSSR count). The molecule has 0 aliphatic carbocycles. The van der Waals surface area contributed by atoms with E-state index in [1.807, 2.05) is 0 Å². The summed E-state index contributed by atoms with van der Waals surface area (Å²) in [6, 6.07) is 0. The standard InChI is InChI=1S/C46H88O10/c1-3-5-7-9-11-13-15-17-19-21-23-25-27-29-31-33-35-42(49)55-39(38-54-46-45(52)44(51)43(50)40(36-47)56-46)37-53-41(48)34-32-30-28-26-24-22-20-18-16-14-12-10-8-6-4-2/h39-40,43-47,50-52H,3-38H2,1-2H3/t39-,40-,43+,44?,45?,46-/m1/s1. The maximum Gasteiger partial charge on any atom is 0.306 e. The minimum atomic E-state index is -1.59. The summed E-state index contributed by atoms with van der Waals surface area (Å²) in [4.78, 5) is 25.3. The van der Waals surface area contributed by atoms with Crippen molar-refractivity contribution in [3.05, 3.63) is 0 Å². The van der Waals surface area contributed by atoms with Gasteiger partial charge in [-0.3, -0.25) is 9.59 Å². The van der Waals surface area contributed by atoms with Crippen molar-refractivity contribution in [2.45, 2.75) is 263 Å². The molecule has 0 saturated carbocycles. The van der Waals surface area contributed by atoms with E-state index in [0.29, 0.717) is 6.42 Å². The van der Waals surface area contributed by atoms with E-state index in [9.17, 15) is 30.0 Å². The monoisotopic (exact) mass is 801 g/mol. The fourth-order valence-electron chi connectivity index (χ4n) is 7.48. The van der Waals surface area contributed by atoms with Crippen LogP contribution in [0.2, 0.25) is 0 Å². The zero-order valence-electron chi connectivity index (χ0n) is 36.2. The number of carbonyl (C=O) groups excluding carboxylic acids is 2. The van der Waals surface area contributed by atoms with Crippen LogP contribution in [0, 0.1) is 0 Å². The number of aliphatic hydroxyl groups excluding tert-OH is 4. The van der Waals surface area contributed by atoms with Crippen LogP contribution in [0.1, 0.15) is 226 Å². The molecule has 0 spiro atoms. The van der Waals surface area contributed by atoms with Crippen molar-refractivity contribution < 1.29 is 49.0 Å². The van der Waals surface area contributed by atoms with Crippen LogP contribution in [0.25, 0.3) is 0 Å². The van der Waals surface area contributed by atoms with E-state index in [0.717, 1.165) is 38.5 Å². The molecule has 0 aromatic heterocycles. The van der Waals surface area contributed by atoms with Crippen LogP contribution < -0.4 is 0 Å². The van der Waals surface area contributed by atoms with Crippen molar-refractivity contribution in [3.63, 3.8) is 0 Å². The molecule has 1 aliphatic rings. The molecule has 6 atom stereocenters. The van der Waals surface area contributed by atoms with E-state index in [1.54, 1.807) is 0 Å². The highest BCUT2D eigenvalue weighted by Crippen LogP contribution is 2.23. The Hall–Kier alpha value is -1.30. The predicted molar refractivity (Wildman–Crippen MR) is 224 cm³/mol. The van der Waals surface area contributed by atoms with Gasteiger partial charge in [-0.05, 0) is 12.8 Å². The predicted octanol–water partition coefficient (Wildman–Crippen LogP) is 10.2. The largest absolute Gasteiger partial charge is 0.462 e. The van der Waals surface area contributed by atoms with Crippen molar-refractivity contribution in [1.29, 1.82) is 0 Å². The van der Waals surface area contributed by atoms with Gasteiger partial charge in [-0.25, -0.2) is 0 Å². The quantitative estimate of drug-likeness (QED) is 0.0348. The highest BCUT2D eigenvalue weighted by Gasteiger charge is 2.44. The lowest BCUT2D eigenvalue weighted by Gasteiger charge is -2.39. The molecule has 2 unspecified atom stereocenters. The molecule has 0 aromatic carbocycles. The molecule has 1 saturated heterocycles. The molecular weight excluding hydrogens is 712 g/mol. The zero-order valence-corrected chi connectivity index (χ0v) is 36.2. The summed E-state index contributed by atoms with van der Waals surface area (Å²) in [5.74, 6) is -0.789. The first kappa shape index (κ1) is 52.7. The number of rotatable bonds is 40. The van der Waals surface area contributed by atoms with Gasteiger partial charge in [0.05, 0.1) is 13.2 Å². The number of aliphatic hydroxyl groups is 4. The smallest absolute Gasteiger partial charge is 0.306 e. The Kier molecular flexibility index (Phi) is 35.7. The second kappa shape index (κ2) is 37.9. The molecule has 10 heteroatoms. The molecular formula is C46H88O10. The third kappa shape index (κ3) is 29.0. The lowest BCUT2D eigenvalue weighted by molar-refractivity contribution is -0.305. The molecule has 0 radical (unpaired) electrons. The van der Waals surface area contributed by atoms with Crippen molar-refractivity contribution in [2.24, 2.45) is 0 Å². The van der Waals surface area contributed by atoms with Gasteiger partial charge in [0.2, 0.25) is 0 Å². The number of hydrogen-bond acceptors (Lipinski definition) is 10. The summed E-state index contributed by atoms with van der Waals surface area (Å²) >= 11 is 0. The lowest BCUT2D eigenvalue weighted by atomic mass is 9.99. The summed E-state index contributed by atoms with van der Waals surface area (Å²) < 4.78 is 22.2. The second-order valence-electron chi connectivity index (χ2n) is 16.6. The van der Waals surface area contributed by atoms with Gasteiger partial charge in [0, 0.05) is 12.8 Å². The van der Waals surface area contributed by atoms with Crippen molar-refractivity contribution in [2.75, 3.05) is 19.8 Å². The Bertz CT molecular complexity index is 886. The minimum Gasteiger partial charge on any atom is -0.462 e. The van der Waals surface area contributed by atoms with Crippen LogP contribution in [-0.2, 0) is 28.5 Å². The van der Waals surface area contributed by atoms with Crippen molar-refractivity contribution in [1.82, 2.24) is 0 Å².